The molecular formula is C8H11NO3. The van der Waals surface area contributed by atoms with Gasteiger partial charge in [-0.1, -0.05) is 6.07 Å². The minimum atomic E-state index is 0.0497. The van der Waals surface area contributed by atoms with Gasteiger partial charge < -0.3 is 15.1 Å². The summed E-state index contributed by atoms with van der Waals surface area (Å²) in [6, 6.07) is 4.41. The summed E-state index contributed by atoms with van der Waals surface area (Å²) in [5.74, 6) is 0.105. The van der Waals surface area contributed by atoms with Crippen molar-refractivity contribution in [3.05, 3.63) is 23.8 Å². The molecule has 0 unspecified atom stereocenters. The van der Waals surface area contributed by atoms with Crippen LogP contribution in [0.25, 0.3) is 0 Å². The maximum absolute atomic E-state index is 9.26. The second-order valence-corrected chi connectivity index (χ2v) is 2.34. The summed E-state index contributed by atoms with van der Waals surface area (Å²) in [6.45, 7) is 0.405. The molecule has 0 aliphatic rings. The van der Waals surface area contributed by atoms with E-state index in [1.807, 2.05) is 0 Å². The van der Waals surface area contributed by atoms with Crippen LogP contribution in [0, 0.1) is 0 Å². The van der Waals surface area contributed by atoms with Crippen LogP contribution in [0.4, 0.5) is 0 Å². The molecule has 1 aromatic carbocycles. The van der Waals surface area contributed by atoms with E-state index < -0.39 is 0 Å². The van der Waals surface area contributed by atoms with E-state index in [4.69, 9.17) is 5.11 Å². The van der Waals surface area contributed by atoms with Gasteiger partial charge in [0.2, 0.25) is 0 Å². The largest absolute Gasteiger partial charge is 0.508 e. The first-order valence-electron chi connectivity index (χ1n) is 3.50. The van der Waals surface area contributed by atoms with Gasteiger partial charge >= 0.3 is 0 Å². The lowest BCUT2D eigenvalue weighted by Crippen LogP contribution is -2.10. The molecule has 0 heterocycles. The standard InChI is InChI=1S/C8H11NO3/c1-12-9-5-6-2-3-7(10)4-8(6)11/h2-4,9-11H,5H2,1H3. The van der Waals surface area contributed by atoms with E-state index in [0.29, 0.717) is 12.1 Å². The van der Waals surface area contributed by atoms with Gasteiger partial charge in [0.15, 0.2) is 0 Å². The van der Waals surface area contributed by atoms with Crippen molar-refractivity contribution < 1.29 is 15.1 Å². The summed E-state index contributed by atoms with van der Waals surface area (Å²) in [5, 5.41) is 18.2. The molecule has 4 nitrogen and oxygen atoms in total. The van der Waals surface area contributed by atoms with Crippen LogP contribution in [0.15, 0.2) is 18.2 Å². The van der Waals surface area contributed by atoms with E-state index in [1.165, 1.54) is 19.2 Å². The lowest BCUT2D eigenvalue weighted by Gasteiger charge is -2.04. The van der Waals surface area contributed by atoms with Gasteiger partial charge in [-0.05, 0) is 6.07 Å². The molecule has 0 saturated carbocycles. The maximum atomic E-state index is 9.26. The van der Waals surface area contributed by atoms with Crippen LogP contribution in [0.1, 0.15) is 5.56 Å². The SMILES string of the molecule is CONCc1ccc(O)cc1O. The monoisotopic (exact) mass is 169 g/mol. The molecule has 66 valence electrons. The van der Waals surface area contributed by atoms with Gasteiger partial charge in [-0.2, -0.15) is 5.48 Å². The van der Waals surface area contributed by atoms with Crippen molar-refractivity contribution in [1.82, 2.24) is 5.48 Å². The van der Waals surface area contributed by atoms with Crippen LogP contribution in [0.3, 0.4) is 0 Å². The summed E-state index contributed by atoms with van der Waals surface area (Å²) in [6.07, 6.45) is 0. The first-order valence-corrected chi connectivity index (χ1v) is 3.50. The molecule has 3 N–H and O–H groups in total. The molecule has 0 saturated heterocycles. The van der Waals surface area contributed by atoms with Crippen molar-refractivity contribution in [2.75, 3.05) is 7.11 Å². The van der Waals surface area contributed by atoms with Crippen molar-refractivity contribution in [2.45, 2.75) is 6.54 Å². The Bertz CT molecular complexity index is 262. The van der Waals surface area contributed by atoms with Crippen molar-refractivity contribution in [1.29, 1.82) is 0 Å². The van der Waals surface area contributed by atoms with Crippen LogP contribution in [0.2, 0.25) is 0 Å². The minimum Gasteiger partial charge on any atom is -0.508 e. The molecule has 0 aliphatic carbocycles. The zero-order chi connectivity index (χ0) is 8.97. The Balaban J connectivity index is 2.72. The Morgan fingerprint density at radius 3 is 2.75 bits per heavy atom. The first-order chi connectivity index (χ1) is 5.74. The highest BCUT2D eigenvalue weighted by atomic mass is 16.6. The third kappa shape index (κ3) is 2.11. The summed E-state index contributed by atoms with van der Waals surface area (Å²) < 4.78 is 0. The number of rotatable bonds is 3. The average molecular weight is 169 g/mol. The Kier molecular flexibility index (Phi) is 2.90. The Hall–Kier alpha value is -1.26. The van der Waals surface area contributed by atoms with E-state index in [2.05, 4.69) is 10.3 Å². The number of phenols is 2. The second-order valence-electron chi connectivity index (χ2n) is 2.34. The number of nitrogens with one attached hydrogen (secondary N) is 1. The fraction of sp³-hybridized carbons (Fsp3) is 0.250. The Labute approximate surface area is 70.4 Å². The smallest absolute Gasteiger partial charge is 0.123 e. The summed E-state index contributed by atoms with van der Waals surface area (Å²) in [7, 11) is 1.50. The highest BCUT2D eigenvalue weighted by Gasteiger charge is 2.00. The summed E-state index contributed by atoms with van der Waals surface area (Å²) >= 11 is 0. The predicted octanol–water partition coefficient (Wildman–Crippen LogP) is 0.749. The molecule has 1 rings (SSSR count). The van der Waals surface area contributed by atoms with Crippen LogP contribution in [-0.2, 0) is 11.4 Å². The maximum Gasteiger partial charge on any atom is 0.123 e. The number of hydroxylamine groups is 1. The van der Waals surface area contributed by atoms with Gasteiger partial charge in [0, 0.05) is 18.2 Å². The predicted molar refractivity (Wildman–Crippen MR) is 43.6 cm³/mol. The molecule has 0 amide bonds. The number of hydrogen-bond acceptors (Lipinski definition) is 4. The topological polar surface area (TPSA) is 61.7 Å². The van der Waals surface area contributed by atoms with Crippen molar-refractivity contribution in [3.63, 3.8) is 0 Å². The van der Waals surface area contributed by atoms with E-state index in [9.17, 15) is 5.11 Å². The molecule has 0 atom stereocenters. The minimum absolute atomic E-state index is 0.0497. The lowest BCUT2D eigenvalue weighted by atomic mass is 10.2. The molecule has 12 heavy (non-hydrogen) atoms. The quantitative estimate of drug-likeness (QED) is 0.584. The lowest BCUT2D eigenvalue weighted by molar-refractivity contribution is 0.0861. The van der Waals surface area contributed by atoms with Gasteiger partial charge in [-0.25, -0.2) is 0 Å². The van der Waals surface area contributed by atoms with Gasteiger partial charge in [0.25, 0.3) is 0 Å². The highest BCUT2D eigenvalue weighted by molar-refractivity contribution is 5.38. The molecule has 0 radical (unpaired) electrons. The molecular weight excluding hydrogens is 158 g/mol. The number of benzene rings is 1. The van der Waals surface area contributed by atoms with Crippen LogP contribution in [0.5, 0.6) is 11.5 Å². The average Bonchev–Trinajstić information content (AvgIpc) is 2.03. The molecule has 0 spiro atoms. The molecule has 0 aromatic heterocycles. The van der Waals surface area contributed by atoms with Crippen molar-refractivity contribution in [3.8, 4) is 11.5 Å². The number of phenolic OH excluding ortho intramolecular Hbond substituents is 2. The third-order valence-electron chi connectivity index (χ3n) is 1.48. The van der Waals surface area contributed by atoms with Gasteiger partial charge in [-0.3, -0.25) is 0 Å². The fourth-order valence-electron chi connectivity index (χ4n) is 0.852. The zero-order valence-electron chi connectivity index (χ0n) is 6.74. The molecule has 0 bridgehead atoms. The van der Waals surface area contributed by atoms with Crippen molar-refractivity contribution in [2.24, 2.45) is 0 Å². The third-order valence-corrected chi connectivity index (χ3v) is 1.48. The number of hydrogen-bond donors (Lipinski definition) is 3. The van der Waals surface area contributed by atoms with Gasteiger partial charge in [-0.15, -0.1) is 0 Å². The molecule has 0 fully saturated rings. The van der Waals surface area contributed by atoms with E-state index in [1.54, 1.807) is 6.07 Å². The summed E-state index contributed by atoms with van der Waals surface area (Å²) in [5.41, 5.74) is 3.26. The summed E-state index contributed by atoms with van der Waals surface area (Å²) in [4.78, 5) is 4.61. The fourth-order valence-corrected chi connectivity index (χ4v) is 0.852. The Morgan fingerprint density at radius 2 is 2.17 bits per heavy atom. The first kappa shape index (κ1) is 8.83. The van der Waals surface area contributed by atoms with E-state index >= 15 is 0 Å². The van der Waals surface area contributed by atoms with Crippen molar-refractivity contribution >= 4 is 0 Å². The highest BCUT2D eigenvalue weighted by Crippen LogP contribution is 2.21. The van der Waals surface area contributed by atoms with Gasteiger partial charge in [0.05, 0.1) is 7.11 Å². The molecule has 1 aromatic rings. The zero-order valence-corrected chi connectivity index (χ0v) is 6.74. The number of aromatic hydroxyl groups is 2. The molecule has 4 heteroatoms. The second kappa shape index (κ2) is 3.94. The molecule has 0 aliphatic heterocycles. The normalized spacial score (nSPS) is 10.1. The van der Waals surface area contributed by atoms with Crippen LogP contribution < -0.4 is 5.48 Å². The van der Waals surface area contributed by atoms with Crippen LogP contribution >= 0.6 is 0 Å². The van der Waals surface area contributed by atoms with E-state index in [0.717, 1.165) is 0 Å². The van der Waals surface area contributed by atoms with Gasteiger partial charge in [0.1, 0.15) is 11.5 Å². The van der Waals surface area contributed by atoms with Crippen LogP contribution in [-0.4, -0.2) is 17.3 Å². The Morgan fingerprint density at radius 1 is 1.42 bits per heavy atom. The van der Waals surface area contributed by atoms with E-state index in [-0.39, 0.29) is 11.5 Å².